The van der Waals surface area contributed by atoms with Crippen LogP contribution in [-0.2, 0) is 0 Å². The Morgan fingerprint density at radius 3 is 2.40 bits per heavy atom. The van der Waals surface area contributed by atoms with Crippen LogP contribution in [-0.4, -0.2) is 22.0 Å². The van der Waals surface area contributed by atoms with Crippen LogP contribution in [0.3, 0.4) is 0 Å². The van der Waals surface area contributed by atoms with Gasteiger partial charge in [0.15, 0.2) is 0 Å². The molecule has 32 valence electrons. The minimum atomic E-state index is 0.426. The Morgan fingerprint density at radius 2 is 2.40 bits per heavy atom. The molecule has 0 radical (unpaired) electrons. The summed E-state index contributed by atoms with van der Waals surface area (Å²) in [6, 6.07) is 0. The molecule has 0 aliphatic rings. The first kappa shape index (κ1) is 5.65. The van der Waals surface area contributed by atoms with Gasteiger partial charge in [-0.2, -0.15) is 0 Å². The van der Waals surface area contributed by atoms with Crippen molar-refractivity contribution in [2.24, 2.45) is 0 Å². The standard InChI is InChI=1S/C3H11PSi/c1-4-3-5-2/h4H,3,5H2,1-2H3. The minimum Gasteiger partial charge on any atom is -0.129 e. The first-order valence-electron chi connectivity index (χ1n) is 2.06. The van der Waals surface area contributed by atoms with Gasteiger partial charge in [0.2, 0.25) is 0 Å². The van der Waals surface area contributed by atoms with Gasteiger partial charge < -0.3 is 0 Å². The second-order valence-corrected chi connectivity index (χ2v) is 4.81. The number of hydrogen-bond acceptors (Lipinski definition) is 0. The Hall–Kier alpha value is 0.647. The molecule has 1 unspecified atom stereocenters. The summed E-state index contributed by atoms with van der Waals surface area (Å²) in [6.07, 6.45) is 0. The van der Waals surface area contributed by atoms with Gasteiger partial charge in [-0.3, -0.25) is 0 Å². The van der Waals surface area contributed by atoms with Crippen LogP contribution in [0, 0.1) is 0 Å². The third-order valence-electron chi connectivity index (χ3n) is 0.500. The summed E-state index contributed by atoms with van der Waals surface area (Å²) in [5.41, 5.74) is 0. The fourth-order valence-electron chi connectivity index (χ4n) is 0.250. The maximum absolute atomic E-state index is 2.36. The zero-order chi connectivity index (χ0) is 4.12. The van der Waals surface area contributed by atoms with Gasteiger partial charge in [0.25, 0.3) is 0 Å². The highest BCUT2D eigenvalue weighted by molar-refractivity contribution is 7.39. The van der Waals surface area contributed by atoms with E-state index in [9.17, 15) is 0 Å². The molecule has 0 nitrogen and oxygen atoms in total. The lowest BCUT2D eigenvalue weighted by molar-refractivity contribution is 2.02. The SMILES string of the molecule is C[SiH2]CPC. The zero-order valence-corrected chi connectivity index (χ0v) is 6.33. The molecule has 0 saturated heterocycles. The lowest BCUT2D eigenvalue weighted by Crippen LogP contribution is -1.79. The smallest absolute Gasteiger partial charge is 0.0212 e. The number of hydrogen-bond donors (Lipinski definition) is 0. The van der Waals surface area contributed by atoms with E-state index in [4.69, 9.17) is 0 Å². The van der Waals surface area contributed by atoms with E-state index in [-0.39, 0.29) is 0 Å². The molecule has 0 bridgehead atoms. The summed E-state index contributed by atoms with van der Waals surface area (Å²) in [6.45, 7) is 4.63. The van der Waals surface area contributed by atoms with Gasteiger partial charge in [0.1, 0.15) is 0 Å². The molecule has 0 heterocycles. The minimum absolute atomic E-state index is 0.426. The molecule has 0 amide bonds. The summed E-state index contributed by atoms with van der Waals surface area (Å²) < 4.78 is 0. The lowest BCUT2D eigenvalue weighted by Gasteiger charge is -1.79. The second-order valence-electron chi connectivity index (χ2n) is 1.10. The van der Waals surface area contributed by atoms with Crippen LogP contribution < -0.4 is 0 Å². The predicted molar refractivity (Wildman–Crippen MR) is 33.5 cm³/mol. The van der Waals surface area contributed by atoms with E-state index in [1.807, 2.05) is 0 Å². The van der Waals surface area contributed by atoms with Gasteiger partial charge in [-0.05, 0) is 12.5 Å². The molecule has 0 saturated carbocycles. The Labute approximate surface area is 38.0 Å². The van der Waals surface area contributed by atoms with Gasteiger partial charge in [0, 0.05) is 9.52 Å². The largest absolute Gasteiger partial charge is 0.129 e. The predicted octanol–water partition coefficient (Wildman–Crippen LogP) is 0.469. The summed E-state index contributed by atoms with van der Waals surface area (Å²) in [5.74, 6) is 1.56. The molecular formula is C3H11PSi. The summed E-state index contributed by atoms with van der Waals surface area (Å²) in [7, 11) is 1.65. The maximum atomic E-state index is 2.36. The normalized spacial score (nSPS) is 13.2. The van der Waals surface area contributed by atoms with Crippen molar-refractivity contribution in [2.75, 3.05) is 12.5 Å². The van der Waals surface area contributed by atoms with Crippen LogP contribution in [0.25, 0.3) is 0 Å². The average Bonchev–Trinajstić information content (AvgIpc) is 1.41. The molecule has 0 aromatic rings. The molecule has 0 rings (SSSR count). The van der Waals surface area contributed by atoms with Gasteiger partial charge >= 0.3 is 0 Å². The van der Waals surface area contributed by atoms with E-state index < -0.39 is 0 Å². The van der Waals surface area contributed by atoms with Crippen molar-refractivity contribution in [3.05, 3.63) is 0 Å². The molecule has 5 heavy (non-hydrogen) atoms. The van der Waals surface area contributed by atoms with Gasteiger partial charge in [-0.1, -0.05) is 6.55 Å². The van der Waals surface area contributed by atoms with Gasteiger partial charge in [0.05, 0.1) is 0 Å². The molecule has 0 fully saturated rings. The molecule has 0 aromatic carbocycles. The fourth-order valence-corrected chi connectivity index (χ4v) is 2.25. The van der Waals surface area contributed by atoms with Crippen molar-refractivity contribution in [1.29, 1.82) is 0 Å². The molecule has 0 spiro atoms. The van der Waals surface area contributed by atoms with E-state index >= 15 is 0 Å². The topological polar surface area (TPSA) is 0 Å². The maximum Gasteiger partial charge on any atom is 0.0212 e. The van der Waals surface area contributed by atoms with Crippen molar-refractivity contribution < 1.29 is 0 Å². The van der Waals surface area contributed by atoms with E-state index in [0.717, 1.165) is 0 Å². The third kappa shape index (κ3) is 4.65. The highest BCUT2D eigenvalue weighted by atomic mass is 31.1. The van der Waals surface area contributed by atoms with E-state index in [1.54, 1.807) is 5.79 Å². The van der Waals surface area contributed by atoms with Crippen LogP contribution in [0.15, 0.2) is 0 Å². The first-order chi connectivity index (χ1) is 2.41. The van der Waals surface area contributed by atoms with Crippen LogP contribution >= 0.6 is 8.58 Å². The quantitative estimate of drug-likeness (QED) is 0.354. The summed E-state index contributed by atoms with van der Waals surface area (Å²) >= 11 is 0. The molecule has 0 aromatic heterocycles. The average molecular weight is 106 g/mol. The zero-order valence-electron chi connectivity index (χ0n) is 3.91. The first-order valence-corrected chi connectivity index (χ1v) is 6.18. The van der Waals surface area contributed by atoms with Crippen LogP contribution in [0.4, 0.5) is 0 Å². The number of rotatable bonds is 2. The molecule has 2 heteroatoms. The van der Waals surface area contributed by atoms with Crippen molar-refractivity contribution in [3.8, 4) is 0 Å². The van der Waals surface area contributed by atoms with E-state index in [0.29, 0.717) is 9.52 Å². The molecule has 1 atom stereocenters. The Balaban J connectivity index is 2.19. The Bertz CT molecular complexity index is 14.4. The Kier molecular flexibility index (Phi) is 5.25. The highest BCUT2D eigenvalue weighted by Crippen LogP contribution is 1.96. The Morgan fingerprint density at radius 1 is 1.80 bits per heavy atom. The van der Waals surface area contributed by atoms with Crippen molar-refractivity contribution in [1.82, 2.24) is 0 Å². The van der Waals surface area contributed by atoms with Crippen LogP contribution in [0.1, 0.15) is 0 Å². The summed E-state index contributed by atoms with van der Waals surface area (Å²) in [5, 5.41) is 0. The molecule has 0 N–H and O–H groups in total. The molecule has 0 aliphatic heterocycles. The van der Waals surface area contributed by atoms with Gasteiger partial charge in [-0.15, -0.1) is 8.58 Å². The van der Waals surface area contributed by atoms with E-state index in [2.05, 4.69) is 13.2 Å². The second kappa shape index (κ2) is 4.65. The molecular weight excluding hydrogens is 95.1 g/mol. The highest BCUT2D eigenvalue weighted by Gasteiger charge is 1.68. The van der Waals surface area contributed by atoms with Crippen molar-refractivity contribution in [3.63, 3.8) is 0 Å². The van der Waals surface area contributed by atoms with Crippen LogP contribution in [0.2, 0.25) is 6.55 Å². The third-order valence-corrected chi connectivity index (χ3v) is 4.50. The van der Waals surface area contributed by atoms with Gasteiger partial charge in [-0.25, -0.2) is 0 Å². The fraction of sp³-hybridized carbons (Fsp3) is 1.00. The summed E-state index contributed by atoms with van der Waals surface area (Å²) in [4.78, 5) is 0. The monoisotopic (exact) mass is 106 g/mol. The molecule has 0 aliphatic carbocycles. The van der Waals surface area contributed by atoms with Crippen LogP contribution in [0.5, 0.6) is 0 Å². The van der Waals surface area contributed by atoms with E-state index in [1.165, 1.54) is 8.58 Å². The van der Waals surface area contributed by atoms with Crippen molar-refractivity contribution in [2.45, 2.75) is 6.55 Å². The lowest BCUT2D eigenvalue weighted by atomic mass is 11.8. The van der Waals surface area contributed by atoms with Crippen molar-refractivity contribution >= 4 is 18.1 Å².